The molecule has 6 atom stereocenters. The predicted octanol–water partition coefficient (Wildman–Crippen LogP) is 5.44. The largest absolute Gasteiger partial charge is 0.465 e. The lowest BCUT2D eigenvalue weighted by atomic mass is 9.65. The van der Waals surface area contributed by atoms with Crippen LogP contribution in [0.25, 0.3) is 0 Å². The fourth-order valence-electron chi connectivity index (χ4n) is 7.85. The topological polar surface area (TPSA) is 96.4 Å². The summed E-state index contributed by atoms with van der Waals surface area (Å²) in [6.45, 7) is 11.4. The molecule has 0 aliphatic carbocycles. The van der Waals surface area contributed by atoms with Crippen molar-refractivity contribution in [2.45, 2.75) is 75.7 Å². The first-order chi connectivity index (χ1) is 21.7. The first-order valence-corrected chi connectivity index (χ1v) is 16.2. The van der Waals surface area contributed by atoms with Gasteiger partial charge in [0.1, 0.15) is 17.6 Å². The number of rotatable bonds is 14. The first-order valence-electron chi connectivity index (χ1n) is 15.8. The Morgan fingerprint density at radius 1 is 1.18 bits per heavy atom. The number of carbonyl (C=O) groups is 3. The minimum atomic E-state index is -1.28. The van der Waals surface area contributed by atoms with Gasteiger partial charge in [0.2, 0.25) is 5.91 Å². The van der Waals surface area contributed by atoms with E-state index in [4.69, 9.17) is 21.1 Å². The zero-order valence-electron chi connectivity index (χ0n) is 26.1. The second-order valence-electron chi connectivity index (χ2n) is 12.3. The van der Waals surface area contributed by atoms with Crippen LogP contribution in [-0.4, -0.2) is 70.8 Å². The van der Waals surface area contributed by atoms with Crippen LogP contribution in [0, 0.1) is 18.8 Å². The van der Waals surface area contributed by atoms with Gasteiger partial charge < -0.3 is 24.4 Å². The van der Waals surface area contributed by atoms with E-state index in [9.17, 15) is 14.7 Å². The number of hydrogen-bond donors (Lipinski definition) is 1. The lowest BCUT2D eigenvalue weighted by molar-refractivity contribution is -0.162. The Hall–Kier alpha value is -3.46. The van der Waals surface area contributed by atoms with Gasteiger partial charge >= 0.3 is 5.97 Å². The van der Waals surface area contributed by atoms with E-state index in [2.05, 4.69) is 13.2 Å². The number of halogens is 1. The van der Waals surface area contributed by atoms with Crippen LogP contribution in [0.3, 0.4) is 0 Å². The van der Waals surface area contributed by atoms with Crippen LogP contribution in [0.5, 0.6) is 0 Å². The van der Waals surface area contributed by atoms with Gasteiger partial charge in [-0.25, -0.2) is 0 Å². The van der Waals surface area contributed by atoms with E-state index in [-0.39, 0.29) is 31.6 Å². The Bertz CT molecular complexity index is 1430. The van der Waals surface area contributed by atoms with Crippen LogP contribution in [0.1, 0.15) is 50.2 Å². The van der Waals surface area contributed by atoms with E-state index in [0.29, 0.717) is 49.2 Å². The molecule has 3 heterocycles. The van der Waals surface area contributed by atoms with E-state index in [0.717, 1.165) is 11.1 Å². The summed E-state index contributed by atoms with van der Waals surface area (Å²) >= 11 is 6.69. The van der Waals surface area contributed by atoms with Crippen LogP contribution in [0.4, 0.5) is 5.69 Å². The number of likely N-dealkylation sites (tertiary alicyclic amines) is 1. The van der Waals surface area contributed by atoms with Gasteiger partial charge in [0, 0.05) is 6.54 Å². The van der Waals surface area contributed by atoms with Crippen molar-refractivity contribution in [1.29, 1.82) is 0 Å². The highest BCUT2D eigenvalue weighted by Crippen LogP contribution is 2.65. The number of aryl methyl sites for hydroxylation is 1. The number of ether oxygens (including phenoxy) is 2. The van der Waals surface area contributed by atoms with Gasteiger partial charge in [0.05, 0.1) is 41.5 Å². The number of allylic oxidation sites excluding steroid dienone is 1. The lowest BCUT2D eigenvalue weighted by Crippen LogP contribution is -2.59. The summed E-state index contributed by atoms with van der Waals surface area (Å²) in [4.78, 5) is 46.7. The highest BCUT2D eigenvalue weighted by molar-refractivity contribution is 6.34. The smallest absolute Gasteiger partial charge is 0.312 e. The Balaban J connectivity index is 1.63. The molecule has 1 N–H and O–H groups in total. The molecule has 0 radical (unpaired) electrons. The molecule has 0 saturated carbocycles. The maximum absolute atomic E-state index is 15.0. The Kier molecular flexibility index (Phi) is 9.87. The number of amides is 2. The number of anilines is 1. The summed E-state index contributed by atoms with van der Waals surface area (Å²) < 4.78 is 12.7. The Morgan fingerprint density at radius 3 is 2.58 bits per heavy atom. The van der Waals surface area contributed by atoms with Crippen molar-refractivity contribution in [3.63, 3.8) is 0 Å². The first kappa shape index (κ1) is 32.9. The van der Waals surface area contributed by atoms with Crippen LogP contribution in [-0.2, 0) is 30.3 Å². The average Bonchev–Trinajstić information content (AvgIpc) is 3.65. The number of unbranched alkanes of at least 4 members (excludes halogenated alkanes) is 1. The average molecular weight is 635 g/mol. The second-order valence-corrected chi connectivity index (χ2v) is 12.8. The molecule has 240 valence electrons. The van der Waals surface area contributed by atoms with Crippen molar-refractivity contribution in [2.24, 2.45) is 11.8 Å². The van der Waals surface area contributed by atoms with Crippen LogP contribution in [0.2, 0.25) is 5.02 Å². The number of fused-ring (bicyclic) bond motifs is 1. The molecular weight excluding hydrogens is 592 g/mol. The fraction of sp³-hybridized carbons (Fsp3) is 0.472. The number of para-hydroxylation sites is 1. The molecule has 0 aromatic heterocycles. The molecule has 8 nitrogen and oxygen atoms in total. The molecule has 5 rings (SSSR count). The third kappa shape index (κ3) is 5.62. The molecular formula is C36H43ClN2O6. The number of benzene rings is 2. The minimum absolute atomic E-state index is 0.138. The summed E-state index contributed by atoms with van der Waals surface area (Å²) in [5.41, 5.74) is -0.00110. The molecule has 3 aliphatic heterocycles. The maximum atomic E-state index is 15.0. The van der Waals surface area contributed by atoms with Crippen LogP contribution in [0.15, 0.2) is 73.8 Å². The summed E-state index contributed by atoms with van der Waals surface area (Å²) in [5, 5.41) is 11.2. The SMILES string of the molecule is C=CCCCOC(=O)[C@@H]1[C@H]2C(=O)N([C@@H](CO)Cc3ccccc3)C(C(=O)N(CC=C)c3c(C)cccc3Cl)C23CC[C@@]1(CC)O3. The lowest BCUT2D eigenvalue weighted by Gasteiger charge is -2.40. The quantitative estimate of drug-likeness (QED) is 0.169. The molecule has 9 heteroatoms. The molecule has 2 amide bonds. The number of aliphatic hydroxyl groups is 1. The standard InChI is InChI=1S/C36H43ClN2O6/c1-5-8-12-21-44-34(43)29-28-32(41)39(26(23-40)22-25-15-10-9-11-16-25)31(36(28)19-18-35(29,7-3)45-36)33(42)38(20-6-2)30-24(4)14-13-17-27(30)37/h5-6,9-11,13-17,26,28-29,31,40H,1-2,7-8,12,18-23H2,3-4H3/t26-,28+,29+,31?,35-,36?/m1/s1. The van der Waals surface area contributed by atoms with E-state index < -0.39 is 41.1 Å². The Morgan fingerprint density at radius 2 is 1.93 bits per heavy atom. The summed E-state index contributed by atoms with van der Waals surface area (Å²) in [7, 11) is 0. The van der Waals surface area contributed by atoms with Crippen molar-refractivity contribution in [1.82, 2.24) is 4.90 Å². The summed E-state index contributed by atoms with van der Waals surface area (Å²) in [6, 6.07) is 13.1. The molecule has 1 spiro atoms. The number of carbonyl (C=O) groups excluding carboxylic acids is 3. The molecule has 2 bridgehead atoms. The monoisotopic (exact) mass is 634 g/mol. The van der Waals surface area contributed by atoms with Gasteiger partial charge in [0.15, 0.2) is 0 Å². The van der Waals surface area contributed by atoms with E-state index in [1.54, 1.807) is 23.1 Å². The van der Waals surface area contributed by atoms with E-state index in [1.165, 1.54) is 4.90 Å². The molecule has 3 fully saturated rings. The van der Waals surface area contributed by atoms with Crippen molar-refractivity contribution in [3.05, 3.63) is 90.0 Å². The normalized spacial score (nSPS) is 27.2. The summed E-state index contributed by atoms with van der Waals surface area (Å²) in [6.07, 6.45) is 6.43. The van der Waals surface area contributed by atoms with Crippen LogP contribution < -0.4 is 4.90 Å². The van der Waals surface area contributed by atoms with Gasteiger partial charge in [-0.1, -0.05) is 73.1 Å². The van der Waals surface area contributed by atoms with E-state index >= 15 is 4.79 Å². The van der Waals surface area contributed by atoms with Crippen molar-refractivity contribution in [3.8, 4) is 0 Å². The number of aliphatic hydroxyl groups excluding tert-OH is 1. The number of esters is 1. The van der Waals surface area contributed by atoms with Crippen molar-refractivity contribution >= 4 is 35.1 Å². The molecule has 2 unspecified atom stereocenters. The maximum Gasteiger partial charge on any atom is 0.312 e. The highest BCUT2D eigenvalue weighted by Gasteiger charge is 2.79. The molecule has 45 heavy (non-hydrogen) atoms. The fourth-order valence-corrected chi connectivity index (χ4v) is 8.17. The molecule has 3 aliphatic rings. The van der Waals surface area contributed by atoms with Crippen molar-refractivity contribution < 1.29 is 29.0 Å². The van der Waals surface area contributed by atoms with Gasteiger partial charge in [-0.3, -0.25) is 14.4 Å². The molecule has 2 aromatic rings. The third-order valence-electron chi connectivity index (χ3n) is 9.86. The van der Waals surface area contributed by atoms with Gasteiger partial charge in [0.25, 0.3) is 5.91 Å². The van der Waals surface area contributed by atoms with E-state index in [1.807, 2.05) is 56.3 Å². The Labute approximate surface area is 270 Å². The number of hydrogen-bond acceptors (Lipinski definition) is 6. The second kappa shape index (κ2) is 13.5. The van der Waals surface area contributed by atoms with Gasteiger partial charge in [-0.2, -0.15) is 0 Å². The minimum Gasteiger partial charge on any atom is -0.465 e. The molecule has 2 aromatic carbocycles. The highest BCUT2D eigenvalue weighted by atomic mass is 35.5. The van der Waals surface area contributed by atoms with Crippen molar-refractivity contribution in [2.75, 3.05) is 24.7 Å². The summed E-state index contributed by atoms with van der Waals surface area (Å²) in [5.74, 6) is -3.06. The van der Waals surface area contributed by atoms with Gasteiger partial charge in [-0.15, -0.1) is 13.2 Å². The zero-order chi connectivity index (χ0) is 32.4. The third-order valence-corrected chi connectivity index (χ3v) is 10.2. The molecule has 3 saturated heterocycles. The van der Waals surface area contributed by atoms with Gasteiger partial charge in [-0.05, 0) is 62.6 Å². The van der Waals surface area contributed by atoms with Crippen LogP contribution >= 0.6 is 11.6 Å². The zero-order valence-corrected chi connectivity index (χ0v) is 26.9. The number of nitrogens with zero attached hydrogens (tertiary/aromatic N) is 2. The predicted molar refractivity (Wildman–Crippen MR) is 174 cm³/mol.